The molecular formula is C53H73N5O8S2. The molecule has 15 heteroatoms. The number of carbonyl (C=O) groups excluding carboxylic acids is 1. The van der Waals surface area contributed by atoms with Crippen molar-refractivity contribution >= 4 is 70.2 Å². The Balaban J connectivity index is 1.45. The molecule has 0 aromatic heterocycles. The Morgan fingerprint density at radius 2 is 1.09 bits per heavy atom. The molecule has 0 atom stereocenters. The number of rotatable bonds is 31. The molecule has 5 aromatic carbocycles. The Kier molecular flexibility index (Phi) is 21.4. The fourth-order valence-corrected chi connectivity index (χ4v) is 11.7. The first-order chi connectivity index (χ1) is 32.8. The Hall–Kier alpha value is -5.25. The van der Waals surface area contributed by atoms with Gasteiger partial charge in [-0.1, -0.05) is 172 Å². The second-order valence-electron chi connectivity index (χ2n) is 17.7. The van der Waals surface area contributed by atoms with E-state index in [0.29, 0.717) is 37.4 Å². The number of phenols is 2. The molecule has 0 aliphatic rings. The number of phenolic OH excluding ortho intramolecular Hbond substituents is 2. The monoisotopic (exact) mass is 971 g/mol. The lowest BCUT2D eigenvalue weighted by Gasteiger charge is -2.24. The van der Waals surface area contributed by atoms with Crippen LogP contribution in [0.5, 0.6) is 17.2 Å². The third-order valence-electron chi connectivity index (χ3n) is 12.4. The first kappa shape index (κ1) is 53.7. The molecule has 370 valence electrons. The van der Waals surface area contributed by atoms with E-state index >= 15 is 0 Å². The van der Waals surface area contributed by atoms with E-state index in [0.717, 1.165) is 38.5 Å². The van der Waals surface area contributed by atoms with Crippen molar-refractivity contribution in [2.45, 2.75) is 159 Å². The van der Waals surface area contributed by atoms with Gasteiger partial charge >= 0.3 is 0 Å². The number of azo groups is 1. The van der Waals surface area contributed by atoms with Gasteiger partial charge in [0.05, 0.1) is 33.7 Å². The summed E-state index contributed by atoms with van der Waals surface area (Å²) in [6.07, 6.45) is 22.3. The number of nitrogens with zero attached hydrogens (tertiary/aromatic N) is 3. The molecule has 0 heterocycles. The highest BCUT2D eigenvalue weighted by Crippen LogP contribution is 2.44. The van der Waals surface area contributed by atoms with Gasteiger partial charge in [0.2, 0.25) is 15.9 Å². The predicted molar refractivity (Wildman–Crippen MR) is 276 cm³/mol. The second-order valence-corrected chi connectivity index (χ2v) is 21.3. The van der Waals surface area contributed by atoms with Gasteiger partial charge in [-0.25, -0.2) is 16.8 Å². The van der Waals surface area contributed by atoms with Crippen LogP contribution in [0.1, 0.15) is 149 Å². The van der Waals surface area contributed by atoms with Gasteiger partial charge in [0.15, 0.2) is 5.75 Å². The number of carbonyl (C=O) groups is 1. The lowest BCUT2D eigenvalue weighted by molar-refractivity contribution is -0.114. The third kappa shape index (κ3) is 14.9. The number of hydrogen-bond acceptors (Lipinski definition) is 10. The van der Waals surface area contributed by atoms with Crippen molar-refractivity contribution in [2.24, 2.45) is 10.2 Å². The molecule has 0 aliphatic heterocycles. The van der Waals surface area contributed by atoms with Crippen LogP contribution in [0.15, 0.2) is 98.9 Å². The van der Waals surface area contributed by atoms with Gasteiger partial charge in [0, 0.05) is 36.2 Å². The summed E-state index contributed by atoms with van der Waals surface area (Å²) >= 11 is 0. The fraction of sp³-hybridized carbons (Fsp3) is 0.491. The van der Waals surface area contributed by atoms with E-state index < -0.39 is 37.5 Å². The van der Waals surface area contributed by atoms with Gasteiger partial charge in [-0.3, -0.25) is 9.52 Å². The number of methoxy groups -OCH3 is 1. The summed E-state index contributed by atoms with van der Waals surface area (Å²) in [6, 6.07) is 20.1. The zero-order chi connectivity index (χ0) is 48.9. The predicted octanol–water partition coefficient (Wildman–Crippen LogP) is 14.4. The summed E-state index contributed by atoms with van der Waals surface area (Å²) < 4.78 is 68.4. The lowest BCUT2D eigenvalue weighted by atomic mass is 10.1. The molecule has 0 spiro atoms. The highest BCUT2D eigenvalue weighted by Gasteiger charge is 2.30. The third-order valence-corrected chi connectivity index (χ3v) is 15.8. The Morgan fingerprint density at radius 1 is 0.574 bits per heavy atom. The molecule has 0 fully saturated rings. The number of unbranched alkanes of at least 4 members (excludes halogenated alkanes) is 18. The van der Waals surface area contributed by atoms with Crippen LogP contribution in [-0.2, 0) is 24.8 Å². The number of aromatic hydroxyl groups is 2. The number of hydrogen-bond donors (Lipinski definition) is 4. The maximum atomic E-state index is 15.0. The van der Waals surface area contributed by atoms with Gasteiger partial charge in [-0.05, 0) is 49.2 Å². The minimum atomic E-state index is -4.63. The maximum absolute atomic E-state index is 15.0. The number of benzene rings is 5. The van der Waals surface area contributed by atoms with E-state index in [-0.39, 0.29) is 48.4 Å². The molecule has 13 nitrogen and oxygen atoms in total. The van der Waals surface area contributed by atoms with Gasteiger partial charge in [0.1, 0.15) is 22.9 Å². The topological polar surface area (TPSA) is 187 Å². The minimum absolute atomic E-state index is 0.0142. The van der Waals surface area contributed by atoms with Crippen molar-refractivity contribution in [1.29, 1.82) is 0 Å². The maximum Gasteiger partial charge on any atom is 0.262 e. The number of nitrogens with one attached hydrogen (secondary N) is 2. The molecule has 5 rings (SSSR count). The number of amides is 1. The Bertz CT molecular complexity index is 2650. The van der Waals surface area contributed by atoms with Crippen LogP contribution < -0.4 is 14.8 Å². The Morgan fingerprint density at radius 3 is 1.65 bits per heavy atom. The molecule has 1 amide bonds. The molecule has 0 saturated carbocycles. The summed E-state index contributed by atoms with van der Waals surface area (Å²) in [5.74, 6) is -0.918. The summed E-state index contributed by atoms with van der Waals surface area (Å²) in [5, 5.41) is 34.8. The molecule has 0 radical (unpaired) electrons. The van der Waals surface area contributed by atoms with Crippen LogP contribution in [-0.4, -0.2) is 57.5 Å². The van der Waals surface area contributed by atoms with Crippen molar-refractivity contribution in [3.8, 4) is 17.2 Å². The van der Waals surface area contributed by atoms with Crippen LogP contribution >= 0.6 is 0 Å². The molecular weight excluding hydrogens is 899 g/mol. The van der Waals surface area contributed by atoms with Crippen LogP contribution in [0.4, 0.5) is 22.7 Å². The Labute approximate surface area is 404 Å². The van der Waals surface area contributed by atoms with Crippen LogP contribution in [0.3, 0.4) is 0 Å². The molecule has 0 bridgehead atoms. The largest absolute Gasteiger partial charge is 0.505 e. The average Bonchev–Trinajstić information content (AvgIpc) is 3.32. The highest BCUT2D eigenvalue weighted by atomic mass is 32.2. The number of anilines is 2. The van der Waals surface area contributed by atoms with Gasteiger partial charge in [-0.15, -0.1) is 10.2 Å². The van der Waals surface area contributed by atoms with Gasteiger partial charge in [0.25, 0.3) is 10.0 Å². The van der Waals surface area contributed by atoms with E-state index in [1.165, 1.54) is 121 Å². The molecule has 0 aliphatic carbocycles. The smallest absolute Gasteiger partial charge is 0.262 e. The highest BCUT2D eigenvalue weighted by molar-refractivity contribution is 7.93. The van der Waals surface area contributed by atoms with E-state index in [9.17, 15) is 31.8 Å². The summed E-state index contributed by atoms with van der Waals surface area (Å²) in [6.45, 7) is 6.36. The van der Waals surface area contributed by atoms with Crippen molar-refractivity contribution in [3.63, 3.8) is 0 Å². The second kappa shape index (κ2) is 27.1. The van der Waals surface area contributed by atoms with E-state index in [1.54, 1.807) is 52.8 Å². The molecule has 0 saturated heterocycles. The average molecular weight is 972 g/mol. The number of fused-ring (bicyclic) bond motifs is 2. The van der Waals surface area contributed by atoms with Crippen LogP contribution in [0.25, 0.3) is 21.5 Å². The molecule has 4 N–H and O–H groups in total. The van der Waals surface area contributed by atoms with Gasteiger partial charge in [-0.2, -0.15) is 4.31 Å². The van der Waals surface area contributed by atoms with Gasteiger partial charge < -0.3 is 20.3 Å². The SMILES string of the molecule is CCCCCCCCCCCCN(CCCCCCCCCCCC)S(=O)(=O)c1cc(NS(=O)(=O)c2ccc(NC(C)=O)c3c(O)c(N=Nc4ccccc4OC)ccc23)c(O)c2ccccc12. The lowest BCUT2D eigenvalue weighted by Crippen LogP contribution is -2.33. The summed E-state index contributed by atoms with van der Waals surface area (Å²) in [4.78, 5) is 11.9. The number of para-hydroxylation sites is 1. The van der Waals surface area contributed by atoms with E-state index in [2.05, 4.69) is 34.1 Å². The van der Waals surface area contributed by atoms with Crippen molar-refractivity contribution < 1.29 is 36.6 Å². The summed E-state index contributed by atoms with van der Waals surface area (Å²) in [5.41, 5.74) is 0.157. The van der Waals surface area contributed by atoms with Crippen LogP contribution in [0.2, 0.25) is 0 Å². The zero-order valence-electron chi connectivity index (χ0n) is 40.6. The van der Waals surface area contributed by atoms with Crippen molar-refractivity contribution in [1.82, 2.24) is 4.31 Å². The minimum Gasteiger partial charge on any atom is -0.505 e. The van der Waals surface area contributed by atoms with Crippen molar-refractivity contribution in [2.75, 3.05) is 30.2 Å². The number of ether oxygens (including phenoxy) is 1. The van der Waals surface area contributed by atoms with Crippen molar-refractivity contribution in [3.05, 3.63) is 78.9 Å². The normalized spacial score (nSPS) is 12.1. The molecule has 5 aromatic rings. The standard InChI is InChI=1S/C53H73N5O8S2/c1-5-7-9-11-13-15-17-19-21-27-37-58(38-28-22-20-18-16-14-12-10-8-6-2)68(64,65)50-39-47(52(60)42-30-24-23-29-41(42)50)57-67(62,63)49-36-35-45(54-40(3)59)51-43(49)33-34-46(53(51)61)56-55-44-31-25-26-32-48(44)66-4/h23-26,29-36,39,57,60-61H,5-22,27-28,37-38H2,1-4H3,(H,54,59). The summed E-state index contributed by atoms with van der Waals surface area (Å²) in [7, 11) is -7.35. The van der Waals surface area contributed by atoms with Crippen LogP contribution in [0, 0.1) is 0 Å². The fourth-order valence-electron chi connectivity index (χ4n) is 8.68. The molecule has 68 heavy (non-hydrogen) atoms. The zero-order valence-corrected chi connectivity index (χ0v) is 42.2. The van der Waals surface area contributed by atoms with E-state index in [4.69, 9.17) is 4.74 Å². The molecule has 0 unspecified atom stereocenters. The first-order valence-electron chi connectivity index (χ1n) is 24.7. The first-order valence-corrected chi connectivity index (χ1v) is 27.6. The number of sulfonamides is 2. The van der Waals surface area contributed by atoms with E-state index in [1.807, 2.05) is 0 Å². The quantitative estimate of drug-likeness (QED) is 0.0192.